The fourth-order valence-electron chi connectivity index (χ4n) is 3.75. The number of rotatable bonds is 5. The Bertz CT molecular complexity index is 945. The lowest BCUT2D eigenvalue weighted by molar-refractivity contribution is -0.117. The Morgan fingerprint density at radius 3 is 2.59 bits per heavy atom. The average Bonchev–Trinajstić information content (AvgIpc) is 2.80. The third kappa shape index (κ3) is 4.71. The van der Waals surface area contributed by atoms with Crippen molar-refractivity contribution in [1.82, 2.24) is 9.44 Å². The van der Waals surface area contributed by atoms with E-state index < -0.39 is 26.1 Å². The number of amides is 1. The zero-order valence-electron chi connectivity index (χ0n) is 14.9. The molecule has 27 heavy (non-hydrogen) atoms. The Hall–Kier alpha value is -1.85. The molecule has 0 aromatic heterocycles. The van der Waals surface area contributed by atoms with Crippen molar-refractivity contribution < 1.29 is 26.7 Å². The molecular weight excluding hydrogens is 394 g/mol. The number of carbonyl (C=O) groups is 1. The van der Waals surface area contributed by atoms with Gasteiger partial charge in [-0.2, -0.15) is 8.42 Å². The second-order valence-corrected chi connectivity index (χ2v) is 10.5. The highest BCUT2D eigenvalue weighted by atomic mass is 32.2. The quantitative estimate of drug-likeness (QED) is 0.628. The van der Waals surface area contributed by atoms with E-state index in [0.717, 1.165) is 41.8 Å². The fourth-order valence-corrected chi connectivity index (χ4v) is 5.78. The number of sulfonamides is 1. The minimum Gasteiger partial charge on any atom is -0.506 e. The predicted molar refractivity (Wildman–Crippen MR) is 99.9 cm³/mol. The first-order chi connectivity index (χ1) is 12.5. The second-order valence-electron chi connectivity index (χ2n) is 7.11. The third-order valence-corrected chi connectivity index (χ3v) is 7.02. The smallest absolute Gasteiger partial charge is 0.326 e. The molecule has 11 heteroatoms. The van der Waals surface area contributed by atoms with Crippen molar-refractivity contribution in [1.29, 1.82) is 0 Å². The number of benzene rings is 1. The van der Waals surface area contributed by atoms with Gasteiger partial charge in [-0.3, -0.25) is 4.79 Å². The lowest BCUT2D eigenvalue weighted by Crippen LogP contribution is -2.42. The highest BCUT2D eigenvalue weighted by molar-refractivity contribution is 7.92. The first-order valence-corrected chi connectivity index (χ1v) is 12.0. The number of phenols is 1. The molecule has 1 aliphatic heterocycles. The van der Waals surface area contributed by atoms with Gasteiger partial charge in [-0.05, 0) is 42.9 Å². The van der Waals surface area contributed by atoms with E-state index in [1.807, 2.05) is 4.72 Å². The number of aromatic hydroxyl groups is 1. The summed E-state index contributed by atoms with van der Waals surface area (Å²) in [7, 11) is -7.29. The maximum absolute atomic E-state index is 11.9. The molecular formula is C16H23N3O6S2. The van der Waals surface area contributed by atoms with Crippen LogP contribution in [0.4, 0.5) is 5.69 Å². The summed E-state index contributed by atoms with van der Waals surface area (Å²) >= 11 is 0. The van der Waals surface area contributed by atoms with Gasteiger partial charge < -0.3 is 5.11 Å². The lowest BCUT2D eigenvalue weighted by atomic mass is 9.81. The molecule has 3 N–H and O–H groups in total. The molecule has 1 aromatic carbocycles. The number of nitrogens with zero attached hydrogens (tertiary/aromatic N) is 1. The number of hydrogen-bond acceptors (Lipinski definition) is 6. The van der Waals surface area contributed by atoms with Gasteiger partial charge in [-0.1, -0.05) is 18.9 Å². The van der Waals surface area contributed by atoms with E-state index in [-0.39, 0.29) is 29.9 Å². The maximum Gasteiger partial charge on any atom is 0.326 e. The van der Waals surface area contributed by atoms with Gasteiger partial charge in [0.2, 0.25) is 10.0 Å². The lowest BCUT2D eigenvalue weighted by Gasteiger charge is -2.31. The van der Waals surface area contributed by atoms with Gasteiger partial charge in [0.25, 0.3) is 5.91 Å². The van der Waals surface area contributed by atoms with Crippen molar-refractivity contribution in [3.63, 3.8) is 0 Å². The summed E-state index contributed by atoms with van der Waals surface area (Å²) in [4.78, 5) is 11.4. The topological polar surface area (TPSA) is 133 Å². The van der Waals surface area contributed by atoms with Gasteiger partial charge in [0.1, 0.15) is 12.3 Å². The molecule has 1 amide bonds. The van der Waals surface area contributed by atoms with Gasteiger partial charge in [-0.15, -0.1) is 0 Å². The maximum atomic E-state index is 11.9. The van der Waals surface area contributed by atoms with Crippen LogP contribution < -0.4 is 13.7 Å². The molecule has 9 nitrogen and oxygen atoms in total. The van der Waals surface area contributed by atoms with Crippen molar-refractivity contribution in [2.24, 2.45) is 5.92 Å². The Kier molecular flexibility index (Phi) is 5.37. The minimum atomic E-state index is -3.98. The van der Waals surface area contributed by atoms with E-state index in [2.05, 4.69) is 4.72 Å². The third-order valence-electron chi connectivity index (χ3n) is 4.90. The van der Waals surface area contributed by atoms with Gasteiger partial charge in [-0.25, -0.2) is 22.2 Å². The monoisotopic (exact) mass is 417 g/mol. The van der Waals surface area contributed by atoms with Gasteiger partial charge in [0.05, 0.1) is 11.9 Å². The average molecular weight is 418 g/mol. The molecule has 2 atom stereocenters. The van der Waals surface area contributed by atoms with Crippen LogP contribution in [0.15, 0.2) is 18.2 Å². The van der Waals surface area contributed by atoms with E-state index in [1.54, 1.807) is 6.07 Å². The Morgan fingerprint density at radius 2 is 2.00 bits per heavy atom. The van der Waals surface area contributed by atoms with E-state index in [1.165, 1.54) is 12.1 Å². The van der Waals surface area contributed by atoms with E-state index in [0.29, 0.717) is 6.42 Å². The van der Waals surface area contributed by atoms with Crippen molar-refractivity contribution in [3.8, 4) is 5.75 Å². The SMILES string of the molecule is CS(=O)(=O)N[C@@H]1CCCC[C@H]1Cc1ccc(N2CC(=O)NS2(=O)=O)c(O)c1. The summed E-state index contributed by atoms with van der Waals surface area (Å²) in [6, 6.07) is 4.47. The second kappa shape index (κ2) is 7.28. The first kappa shape index (κ1) is 19.9. The van der Waals surface area contributed by atoms with Crippen LogP contribution >= 0.6 is 0 Å². The molecule has 1 aliphatic carbocycles. The highest BCUT2D eigenvalue weighted by Gasteiger charge is 2.35. The number of carbonyl (C=O) groups excluding carboxylic acids is 1. The van der Waals surface area contributed by atoms with Gasteiger partial charge in [0.15, 0.2) is 0 Å². The van der Waals surface area contributed by atoms with Crippen LogP contribution in [-0.2, 0) is 31.4 Å². The van der Waals surface area contributed by atoms with Crippen LogP contribution in [0, 0.1) is 5.92 Å². The fraction of sp³-hybridized carbons (Fsp3) is 0.562. The molecule has 2 aliphatic rings. The van der Waals surface area contributed by atoms with Crippen LogP contribution in [0.25, 0.3) is 0 Å². The zero-order valence-corrected chi connectivity index (χ0v) is 16.5. The zero-order chi connectivity index (χ0) is 19.8. The van der Waals surface area contributed by atoms with Crippen LogP contribution in [-0.4, -0.2) is 46.7 Å². The molecule has 3 rings (SSSR count). The summed E-state index contributed by atoms with van der Waals surface area (Å²) in [5.41, 5.74) is 0.811. The molecule has 0 spiro atoms. The van der Waals surface area contributed by atoms with Gasteiger partial charge >= 0.3 is 10.2 Å². The van der Waals surface area contributed by atoms with Crippen LogP contribution in [0.1, 0.15) is 31.2 Å². The standard InChI is InChI=1S/C16H23N3O6S2/c1-26(22,23)17-13-5-3-2-4-12(13)8-11-6-7-14(15(20)9-11)19-10-16(21)18-27(19,24)25/h6-7,9,12-13,17,20H,2-5,8,10H2,1H3,(H,18,21)/t12-,13+/m0/s1. The van der Waals surface area contributed by atoms with E-state index in [4.69, 9.17) is 0 Å². The predicted octanol–water partition coefficient (Wildman–Crippen LogP) is 0.224. The normalized spacial score (nSPS) is 25.4. The number of anilines is 1. The molecule has 1 saturated heterocycles. The highest BCUT2D eigenvalue weighted by Crippen LogP contribution is 2.34. The summed E-state index contributed by atoms with van der Waals surface area (Å²) in [5.74, 6) is -0.802. The minimum absolute atomic E-state index is 0.0338. The molecule has 1 aromatic rings. The van der Waals surface area contributed by atoms with E-state index >= 15 is 0 Å². The molecule has 150 valence electrons. The van der Waals surface area contributed by atoms with Crippen molar-refractivity contribution in [3.05, 3.63) is 23.8 Å². The Labute approximate surface area is 159 Å². The Balaban J connectivity index is 1.78. The van der Waals surface area contributed by atoms with Crippen molar-refractivity contribution in [2.75, 3.05) is 17.1 Å². The van der Waals surface area contributed by atoms with Crippen molar-refractivity contribution in [2.45, 2.75) is 38.1 Å². The number of hydrogen-bond donors (Lipinski definition) is 3. The summed E-state index contributed by atoms with van der Waals surface area (Å²) in [5, 5.41) is 10.3. The molecule has 0 unspecified atom stereocenters. The molecule has 1 saturated carbocycles. The van der Waals surface area contributed by atoms with Crippen molar-refractivity contribution >= 4 is 31.8 Å². The largest absolute Gasteiger partial charge is 0.506 e. The van der Waals surface area contributed by atoms with Gasteiger partial charge in [0, 0.05) is 6.04 Å². The molecule has 2 fully saturated rings. The molecule has 1 heterocycles. The number of phenolic OH excluding ortho intramolecular Hbond substituents is 1. The van der Waals surface area contributed by atoms with E-state index in [9.17, 15) is 26.7 Å². The van der Waals surface area contributed by atoms with Crippen LogP contribution in [0.5, 0.6) is 5.75 Å². The summed E-state index contributed by atoms with van der Waals surface area (Å²) < 4.78 is 52.4. The molecule has 0 bridgehead atoms. The first-order valence-electron chi connectivity index (χ1n) is 8.68. The summed E-state index contributed by atoms with van der Waals surface area (Å²) in [6.45, 7) is -0.377. The Morgan fingerprint density at radius 1 is 1.30 bits per heavy atom. The van der Waals surface area contributed by atoms with Crippen LogP contribution in [0.2, 0.25) is 0 Å². The number of nitrogens with one attached hydrogen (secondary N) is 2. The molecule has 0 radical (unpaired) electrons. The summed E-state index contributed by atoms with van der Waals surface area (Å²) in [6.07, 6.45) is 5.31. The van der Waals surface area contributed by atoms with Crippen LogP contribution in [0.3, 0.4) is 0 Å².